The van der Waals surface area contributed by atoms with Gasteiger partial charge in [0, 0.05) is 6.42 Å². The van der Waals surface area contributed by atoms with Crippen molar-refractivity contribution in [3.8, 4) is 0 Å². The van der Waals surface area contributed by atoms with E-state index in [4.69, 9.17) is 28.1 Å². The summed E-state index contributed by atoms with van der Waals surface area (Å²) < 4.78 is 36.2. The van der Waals surface area contributed by atoms with Crippen LogP contribution in [0.15, 0.2) is 0 Å². The normalized spacial score (nSPS) is 32.3. The molecule has 0 amide bonds. The van der Waals surface area contributed by atoms with E-state index < -0.39 is 75.9 Å². The highest BCUT2D eigenvalue weighted by Crippen LogP contribution is 2.41. The number of rotatable bonds is 14. The molecule has 0 saturated carbocycles. The molecular weight excluding hydrogens is 528 g/mol. The third-order valence-electron chi connectivity index (χ3n) is 7.73. The standard InChI is InChI=1S/C27H52O11Si/c1-9-10-11-12-13-14-19(30)34-23-21(32)20(31)17(15-28)33-24(23)35-25(38-39(7,8)26(2,3)4)22-18(16-29)36-27(5,6)37-22/h17-18,20-25,28-29,31-32H,9-16H2,1-8H3/t17-,18+,20-,21+,22+,23+,24+,25?/m1/s1. The summed E-state index contributed by atoms with van der Waals surface area (Å²) >= 11 is 0. The van der Waals surface area contributed by atoms with E-state index in [0.717, 1.165) is 25.7 Å². The van der Waals surface area contributed by atoms with Gasteiger partial charge in [-0.25, -0.2) is 0 Å². The van der Waals surface area contributed by atoms with Crippen LogP contribution in [0, 0.1) is 0 Å². The topological polar surface area (TPSA) is 153 Å². The minimum Gasteiger partial charge on any atom is -0.454 e. The Bertz CT molecular complexity index is 757. The van der Waals surface area contributed by atoms with Gasteiger partial charge < -0.3 is 48.5 Å². The molecule has 2 saturated heterocycles. The van der Waals surface area contributed by atoms with Crippen molar-refractivity contribution in [2.24, 2.45) is 0 Å². The second-order valence-electron chi connectivity index (χ2n) is 12.5. The van der Waals surface area contributed by atoms with E-state index in [0.29, 0.717) is 6.42 Å². The second kappa shape index (κ2) is 14.5. The maximum atomic E-state index is 12.7. The van der Waals surface area contributed by atoms with Gasteiger partial charge in [-0.15, -0.1) is 0 Å². The first-order chi connectivity index (χ1) is 18.1. The van der Waals surface area contributed by atoms with Gasteiger partial charge in [-0.1, -0.05) is 53.4 Å². The average Bonchev–Trinajstić information content (AvgIpc) is 3.16. The summed E-state index contributed by atoms with van der Waals surface area (Å²) in [5.41, 5.74) is 0. The number of esters is 1. The van der Waals surface area contributed by atoms with Crippen LogP contribution in [0.2, 0.25) is 18.1 Å². The van der Waals surface area contributed by atoms with Crippen molar-refractivity contribution in [1.82, 2.24) is 0 Å². The molecule has 4 N–H and O–H groups in total. The molecule has 0 aromatic rings. The van der Waals surface area contributed by atoms with Crippen LogP contribution in [0.4, 0.5) is 0 Å². The van der Waals surface area contributed by atoms with Crippen LogP contribution in [-0.2, 0) is 32.9 Å². The van der Waals surface area contributed by atoms with Gasteiger partial charge in [-0.05, 0) is 38.4 Å². The number of aliphatic hydroxyl groups excluding tert-OH is 4. The largest absolute Gasteiger partial charge is 0.454 e. The zero-order valence-electron chi connectivity index (χ0n) is 24.9. The first kappa shape index (κ1) is 34.5. The lowest BCUT2D eigenvalue weighted by atomic mass is 9.99. The Balaban J connectivity index is 2.32. The molecule has 230 valence electrons. The van der Waals surface area contributed by atoms with Gasteiger partial charge >= 0.3 is 5.97 Å². The fourth-order valence-corrected chi connectivity index (χ4v) is 5.51. The second-order valence-corrected chi connectivity index (χ2v) is 17.3. The van der Waals surface area contributed by atoms with Gasteiger partial charge in [0.1, 0.15) is 30.5 Å². The zero-order valence-corrected chi connectivity index (χ0v) is 25.9. The molecule has 0 aromatic carbocycles. The lowest BCUT2D eigenvalue weighted by molar-refractivity contribution is -0.342. The highest BCUT2D eigenvalue weighted by atomic mass is 28.4. The fourth-order valence-electron chi connectivity index (χ4n) is 4.38. The van der Waals surface area contributed by atoms with Gasteiger partial charge in [-0.3, -0.25) is 4.79 Å². The van der Waals surface area contributed by atoms with Gasteiger partial charge in [0.15, 0.2) is 26.5 Å². The molecule has 2 heterocycles. The highest BCUT2D eigenvalue weighted by Gasteiger charge is 2.53. The Labute approximate surface area is 234 Å². The maximum absolute atomic E-state index is 12.7. The van der Waals surface area contributed by atoms with Gasteiger partial charge in [0.25, 0.3) is 0 Å². The molecule has 2 aliphatic heterocycles. The number of ether oxygens (including phenoxy) is 5. The minimum atomic E-state index is -2.51. The molecule has 2 fully saturated rings. The lowest BCUT2D eigenvalue weighted by Crippen LogP contribution is -2.62. The summed E-state index contributed by atoms with van der Waals surface area (Å²) in [6.07, 6.45) is -5.04. The van der Waals surface area contributed by atoms with Crippen molar-refractivity contribution in [3.63, 3.8) is 0 Å². The number of hydrogen-bond donors (Lipinski definition) is 4. The highest BCUT2D eigenvalue weighted by molar-refractivity contribution is 6.74. The molecule has 2 aliphatic rings. The molecular formula is C27H52O11Si. The third kappa shape index (κ3) is 9.42. The first-order valence-corrected chi connectivity index (χ1v) is 17.1. The Kier molecular flexibility index (Phi) is 12.8. The Morgan fingerprint density at radius 3 is 2.15 bits per heavy atom. The minimum absolute atomic E-state index is 0.142. The first-order valence-electron chi connectivity index (χ1n) is 14.2. The summed E-state index contributed by atoms with van der Waals surface area (Å²) in [6, 6.07) is 0. The molecule has 0 radical (unpaired) electrons. The molecule has 0 aromatic heterocycles. The smallest absolute Gasteiger partial charge is 0.306 e. The van der Waals surface area contributed by atoms with E-state index in [1.165, 1.54) is 0 Å². The number of aliphatic hydroxyl groups is 4. The van der Waals surface area contributed by atoms with E-state index in [-0.39, 0.29) is 18.1 Å². The lowest BCUT2D eigenvalue weighted by Gasteiger charge is -2.45. The Morgan fingerprint density at radius 1 is 0.974 bits per heavy atom. The molecule has 0 bridgehead atoms. The van der Waals surface area contributed by atoms with E-state index in [2.05, 4.69) is 27.7 Å². The molecule has 2 rings (SSSR count). The summed E-state index contributed by atoms with van der Waals surface area (Å²) in [4.78, 5) is 12.7. The molecule has 8 atom stereocenters. The van der Waals surface area contributed by atoms with Gasteiger partial charge in [0.05, 0.1) is 13.2 Å². The van der Waals surface area contributed by atoms with Crippen LogP contribution in [0.5, 0.6) is 0 Å². The predicted molar refractivity (Wildman–Crippen MR) is 145 cm³/mol. The van der Waals surface area contributed by atoms with Gasteiger partial charge in [0.2, 0.25) is 6.29 Å². The zero-order chi connectivity index (χ0) is 29.6. The van der Waals surface area contributed by atoms with Crippen molar-refractivity contribution in [1.29, 1.82) is 0 Å². The Morgan fingerprint density at radius 2 is 1.59 bits per heavy atom. The molecule has 0 spiro atoms. The van der Waals surface area contributed by atoms with Crippen molar-refractivity contribution in [3.05, 3.63) is 0 Å². The van der Waals surface area contributed by atoms with Crippen LogP contribution in [0.3, 0.4) is 0 Å². The number of carbonyl (C=O) groups is 1. The molecule has 39 heavy (non-hydrogen) atoms. The third-order valence-corrected chi connectivity index (χ3v) is 12.2. The maximum Gasteiger partial charge on any atom is 0.306 e. The SMILES string of the molecule is CCCCCCCC(=O)O[C@@H]1[C@H](OC(O[Si](C)(C)C(C)(C)C)[C@H]2OC(C)(C)O[C@H]2CO)O[C@H](CO)[C@@H](O)[C@@H]1O. The number of carbonyl (C=O) groups excluding carboxylic acids is 1. The summed E-state index contributed by atoms with van der Waals surface area (Å²) in [5, 5.41) is 41.0. The summed E-state index contributed by atoms with van der Waals surface area (Å²) in [7, 11) is -2.51. The van der Waals surface area contributed by atoms with Crippen molar-refractivity contribution < 1.29 is 53.3 Å². The number of unbranched alkanes of at least 4 members (excludes halogenated alkanes) is 4. The Hall–Kier alpha value is -0.673. The number of hydrogen-bond acceptors (Lipinski definition) is 11. The molecule has 0 aliphatic carbocycles. The van der Waals surface area contributed by atoms with Crippen LogP contribution in [0.25, 0.3) is 0 Å². The van der Waals surface area contributed by atoms with Crippen molar-refractivity contribution >= 4 is 14.3 Å². The monoisotopic (exact) mass is 580 g/mol. The summed E-state index contributed by atoms with van der Waals surface area (Å²) in [5.74, 6) is -1.59. The summed E-state index contributed by atoms with van der Waals surface area (Å²) in [6.45, 7) is 14.8. The van der Waals surface area contributed by atoms with Gasteiger partial charge in [-0.2, -0.15) is 0 Å². The van der Waals surface area contributed by atoms with Crippen molar-refractivity contribution in [2.75, 3.05) is 13.2 Å². The van der Waals surface area contributed by atoms with Crippen LogP contribution < -0.4 is 0 Å². The molecule has 1 unspecified atom stereocenters. The van der Waals surface area contributed by atoms with Crippen LogP contribution in [-0.4, -0.2) is 103 Å². The van der Waals surface area contributed by atoms with E-state index in [1.54, 1.807) is 13.8 Å². The average molecular weight is 581 g/mol. The van der Waals surface area contributed by atoms with Crippen LogP contribution >= 0.6 is 0 Å². The van der Waals surface area contributed by atoms with E-state index >= 15 is 0 Å². The molecule has 11 nitrogen and oxygen atoms in total. The predicted octanol–water partition coefficient (Wildman–Crippen LogP) is 2.57. The van der Waals surface area contributed by atoms with Crippen molar-refractivity contribution in [2.45, 2.75) is 153 Å². The van der Waals surface area contributed by atoms with E-state index in [9.17, 15) is 25.2 Å². The quantitative estimate of drug-likeness (QED) is 0.104. The fraction of sp³-hybridized carbons (Fsp3) is 0.963. The van der Waals surface area contributed by atoms with Crippen LogP contribution in [0.1, 0.15) is 80.1 Å². The molecule has 12 heteroatoms. The van der Waals surface area contributed by atoms with E-state index in [1.807, 2.05) is 13.1 Å².